The molecule has 0 aliphatic carbocycles. The van der Waals surface area contributed by atoms with E-state index in [0.29, 0.717) is 5.52 Å². The third-order valence-electron chi connectivity index (χ3n) is 1.86. The number of carboxylic acid groups (broad SMARTS) is 1. The van der Waals surface area contributed by atoms with Gasteiger partial charge in [0.15, 0.2) is 0 Å². The summed E-state index contributed by atoms with van der Waals surface area (Å²) >= 11 is 0. The molecule has 0 radical (unpaired) electrons. The van der Waals surface area contributed by atoms with Crippen LogP contribution in [0.4, 0.5) is 0 Å². The largest absolute Gasteiger partial charge is 0.478 e. The van der Waals surface area contributed by atoms with Crippen LogP contribution in [-0.4, -0.2) is 21.0 Å². The fourth-order valence-corrected chi connectivity index (χ4v) is 1.33. The van der Waals surface area contributed by atoms with Crippen LogP contribution in [0.25, 0.3) is 11.0 Å². The Hall–Kier alpha value is -1.84. The van der Waals surface area contributed by atoms with E-state index >= 15 is 0 Å². The molecule has 1 aromatic heterocycles. The average molecular weight is 176 g/mol. The molecule has 0 spiro atoms. The molecule has 1 heterocycles. The van der Waals surface area contributed by atoms with Crippen LogP contribution >= 0.6 is 0 Å². The summed E-state index contributed by atoms with van der Waals surface area (Å²) in [6.07, 6.45) is 0. The van der Waals surface area contributed by atoms with Crippen molar-refractivity contribution in [2.24, 2.45) is 0 Å². The van der Waals surface area contributed by atoms with Crippen LogP contribution in [0.3, 0.4) is 0 Å². The number of nitrogens with one attached hydrogen (secondary N) is 1. The highest BCUT2D eigenvalue weighted by atomic mass is 16.4. The highest BCUT2D eigenvalue weighted by molar-refractivity contribution is 6.00. The predicted molar refractivity (Wildman–Crippen MR) is 47.8 cm³/mol. The summed E-state index contributed by atoms with van der Waals surface area (Å²) in [5, 5.41) is 8.84. The number of rotatable bonds is 1. The van der Waals surface area contributed by atoms with Gasteiger partial charge in [0.25, 0.3) is 0 Å². The number of aromatic carboxylic acids is 1. The van der Waals surface area contributed by atoms with Gasteiger partial charge in [-0.25, -0.2) is 9.78 Å². The van der Waals surface area contributed by atoms with Crippen molar-refractivity contribution < 1.29 is 9.90 Å². The van der Waals surface area contributed by atoms with Gasteiger partial charge in [-0.05, 0) is 19.1 Å². The number of aryl methyl sites for hydroxylation is 1. The number of carboxylic acids is 1. The maximum absolute atomic E-state index is 10.8. The Labute approximate surface area is 74.2 Å². The Balaban J connectivity index is 2.82. The van der Waals surface area contributed by atoms with Crippen LogP contribution in [-0.2, 0) is 0 Å². The lowest BCUT2D eigenvalue weighted by molar-refractivity contribution is 0.0699. The molecule has 66 valence electrons. The molecular weight excluding hydrogens is 168 g/mol. The van der Waals surface area contributed by atoms with Gasteiger partial charge in [-0.15, -0.1) is 0 Å². The quantitative estimate of drug-likeness (QED) is 0.693. The summed E-state index contributed by atoms with van der Waals surface area (Å²) in [6, 6.07) is 5.05. The molecule has 0 amide bonds. The first kappa shape index (κ1) is 7.79. The Morgan fingerprint density at radius 3 is 3.00 bits per heavy atom. The Bertz CT molecular complexity index is 473. The van der Waals surface area contributed by atoms with Gasteiger partial charge in [0.1, 0.15) is 11.3 Å². The summed E-state index contributed by atoms with van der Waals surface area (Å²) in [6.45, 7) is 1.80. The van der Waals surface area contributed by atoms with Gasteiger partial charge in [-0.3, -0.25) is 0 Å². The molecule has 0 saturated heterocycles. The second-order valence-electron chi connectivity index (χ2n) is 2.83. The van der Waals surface area contributed by atoms with Gasteiger partial charge < -0.3 is 10.1 Å². The molecule has 4 heteroatoms. The zero-order valence-corrected chi connectivity index (χ0v) is 7.03. The fourth-order valence-electron chi connectivity index (χ4n) is 1.33. The van der Waals surface area contributed by atoms with E-state index in [1.807, 2.05) is 6.07 Å². The van der Waals surface area contributed by atoms with Gasteiger partial charge in [0.2, 0.25) is 0 Å². The van der Waals surface area contributed by atoms with E-state index < -0.39 is 5.97 Å². The molecule has 0 atom stereocenters. The van der Waals surface area contributed by atoms with Crippen molar-refractivity contribution in [3.63, 3.8) is 0 Å². The van der Waals surface area contributed by atoms with Crippen LogP contribution in [0.5, 0.6) is 0 Å². The van der Waals surface area contributed by atoms with Gasteiger partial charge in [0.05, 0.1) is 11.1 Å². The first-order valence-corrected chi connectivity index (χ1v) is 3.87. The summed E-state index contributed by atoms with van der Waals surface area (Å²) in [5.41, 5.74) is 1.52. The van der Waals surface area contributed by atoms with Crippen molar-refractivity contribution in [3.8, 4) is 0 Å². The predicted octanol–water partition coefficient (Wildman–Crippen LogP) is 1.57. The Morgan fingerprint density at radius 1 is 1.54 bits per heavy atom. The van der Waals surface area contributed by atoms with Crippen LogP contribution < -0.4 is 0 Å². The SMILES string of the molecule is Cc1nc2c(C(=O)O)cccc2[nH]1. The summed E-state index contributed by atoms with van der Waals surface area (Å²) in [7, 11) is 0. The molecule has 2 aromatic rings. The van der Waals surface area contributed by atoms with Crippen molar-refractivity contribution in [2.45, 2.75) is 6.92 Å². The second kappa shape index (κ2) is 2.58. The van der Waals surface area contributed by atoms with Crippen LogP contribution in [0.1, 0.15) is 16.2 Å². The maximum Gasteiger partial charge on any atom is 0.337 e. The monoisotopic (exact) mass is 176 g/mol. The highest BCUT2D eigenvalue weighted by Crippen LogP contribution is 2.15. The summed E-state index contributed by atoms with van der Waals surface area (Å²) in [4.78, 5) is 17.8. The number of H-pyrrole nitrogens is 1. The number of aromatic amines is 1. The third-order valence-corrected chi connectivity index (χ3v) is 1.86. The lowest BCUT2D eigenvalue weighted by Gasteiger charge is -1.93. The molecule has 13 heavy (non-hydrogen) atoms. The standard InChI is InChI=1S/C9H8N2O2/c1-5-10-7-4-2-3-6(9(12)13)8(7)11-5/h2-4H,1H3,(H,10,11)(H,12,13). The van der Waals surface area contributed by atoms with Gasteiger partial charge in [-0.1, -0.05) is 6.07 Å². The summed E-state index contributed by atoms with van der Waals surface area (Å²) < 4.78 is 0. The number of benzene rings is 1. The van der Waals surface area contributed by atoms with Crippen LogP contribution in [0.15, 0.2) is 18.2 Å². The van der Waals surface area contributed by atoms with Crippen molar-refractivity contribution in [2.75, 3.05) is 0 Å². The Morgan fingerprint density at radius 2 is 2.31 bits per heavy atom. The van der Waals surface area contributed by atoms with E-state index in [-0.39, 0.29) is 5.56 Å². The molecule has 2 N–H and O–H groups in total. The number of para-hydroxylation sites is 1. The zero-order chi connectivity index (χ0) is 9.42. The van der Waals surface area contributed by atoms with Gasteiger partial charge >= 0.3 is 5.97 Å². The lowest BCUT2D eigenvalue weighted by atomic mass is 10.2. The smallest absolute Gasteiger partial charge is 0.337 e. The van der Waals surface area contributed by atoms with Crippen molar-refractivity contribution in [3.05, 3.63) is 29.6 Å². The molecule has 4 nitrogen and oxygen atoms in total. The number of fused-ring (bicyclic) bond motifs is 1. The van der Waals surface area contributed by atoms with Gasteiger partial charge in [0, 0.05) is 0 Å². The number of hydrogen-bond donors (Lipinski definition) is 2. The molecule has 0 aliphatic rings. The zero-order valence-electron chi connectivity index (χ0n) is 7.03. The molecular formula is C9H8N2O2. The number of aromatic nitrogens is 2. The van der Waals surface area contributed by atoms with Crippen LogP contribution in [0.2, 0.25) is 0 Å². The van der Waals surface area contributed by atoms with E-state index in [4.69, 9.17) is 5.11 Å². The number of nitrogens with zero attached hydrogens (tertiary/aromatic N) is 1. The minimum atomic E-state index is -0.947. The first-order chi connectivity index (χ1) is 6.18. The maximum atomic E-state index is 10.8. The molecule has 2 rings (SSSR count). The highest BCUT2D eigenvalue weighted by Gasteiger charge is 2.10. The normalized spacial score (nSPS) is 10.5. The molecule has 0 unspecified atom stereocenters. The number of hydrogen-bond acceptors (Lipinski definition) is 2. The minimum Gasteiger partial charge on any atom is -0.478 e. The first-order valence-electron chi connectivity index (χ1n) is 3.87. The van der Waals surface area contributed by atoms with Crippen molar-refractivity contribution >= 4 is 17.0 Å². The minimum absolute atomic E-state index is 0.238. The van der Waals surface area contributed by atoms with E-state index in [0.717, 1.165) is 11.3 Å². The van der Waals surface area contributed by atoms with Crippen LogP contribution in [0, 0.1) is 6.92 Å². The topological polar surface area (TPSA) is 66.0 Å². The van der Waals surface area contributed by atoms with E-state index in [2.05, 4.69) is 9.97 Å². The molecule has 0 bridgehead atoms. The van der Waals surface area contributed by atoms with Crippen molar-refractivity contribution in [1.82, 2.24) is 9.97 Å². The molecule has 0 aliphatic heterocycles. The van der Waals surface area contributed by atoms with E-state index in [1.54, 1.807) is 19.1 Å². The molecule has 1 aromatic carbocycles. The molecule has 0 fully saturated rings. The molecule has 0 saturated carbocycles. The average Bonchev–Trinajstić information content (AvgIpc) is 2.43. The van der Waals surface area contributed by atoms with E-state index in [1.165, 1.54) is 0 Å². The number of carbonyl (C=O) groups is 1. The second-order valence-corrected chi connectivity index (χ2v) is 2.83. The van der Waals surface area contributed by atoms with E-state index in [9.17, 15) is 4.79 Å². The summed E-state index contributed by atoms with van der Waals surface area (Å²) in [5.74, 6) is -0.221. The lowest BCUT2D eigenvalue weighted by Crippen LogP contribution is -1.96. The van der Waals surface area contributed by atoms with Gasteiger partial charge in [-0.2, -0.15) is 0 Å². The Kier molecular flexibility index (Phi) is 1.55. The third kappa shape index (κ3) is 1.16. The number of imidazole rings is 1. The van der Waals surface area contributed by atoms with Crippen molar-refractivity contribution in [1.29, 1.82) is 0 Å². The fraction of sp³-hybridized carbons (Fsp3) is 0.111.